The van der Waals surface area contributed by atoms with Crippen molar-refractivity contribution in [2.75, 3.05) is 12.0 Å². The first-order chi connectivity index (χ1) is 8.29. The second kappa shape index (κ2) is 6.23. The second-order valence-electron chi connectivity index (χ2n) is 3.24. The molecule has 2 rings (SSSR count). The highest BCUT2D eigenvalue weighted by Gasteiger charge is 2.07. The highest BCUT2D eigenvalue weighted by atomic mass is 32.2. The topological polar surface area (TPSA) is 30.0 Å². The molecule has 0 unspecified atom stereocenters. The molecule has 0 aliphatic rings. The third kappa shape index (κ3) is 3.59. The smallest absolute Gasteiger partial charge is 0.173 e. The van der Waals surface area contributed by atoms with Crippen LogP contribution in [-0.2, 0) is 0 Å². The molecule has 2 aromatic rings. The monoisotopic (exact) mass is 281 g/mol. The highest BCUT2D eigenvalue weighted by molar-refractivity contribution is 8.01. The summed E-state index contributed by atoms with van der Waals surface area (Å²) in [5.41, 5.74) is 0.770. The number of carbonyl (C=O) groups is 1. The molecule has 0 saturated heterocycles. The van der Waals surface area contributed by atoms with Crippen molar-refractivity contribution < 1.29 is 4.79 Å². The fourth-order valence-electron chi connectivity index (χ4n) is 1.27. The average Bonchev–Trinajstić information content (AvgIpc) is 2.89. The van der Waals surface area contributed by atoms with Crippen molar-refractivity contribution in [3.8, 4) is 0 Å². The molecule has 17 heavy (non-hydrogen) atoms. The summed E-state index contributed by atoms with van der Waals surface area (Å²) < 4.78 is 0.944. The molecule has 0 atom stereocenters. The van der Waals surface area contributed by atoms with Crippen LogP contribution in [0.3, 0.4) is 0 Å². The SMILES string of the molecule is CSc1ccc(C(=O)CSc2nccs2)cc1. The average molecular weight is 281 g/mol. The van der Waals surface area contributed by atoms with Gasteiger partial charge in [0.2, 0.25) is 0 Å². The lowest BCUT2D eigenvalue weighted by molar-refractivity contribution is 0.102. The molecule has 1 aromatic carbocycles. The Balaban J connectivity index is 1.95. The van der Waals surface area contributed by atoms with Gasteiger partial charge in [-0.1, -0.05) is 23.9 Å². The Hall–Kier alpha value is -0.780. The van der Waals surface area contributed by atoms with E-state index < -0.39 is 0 Å². The molecule has 0 spiro atoms. The minimum atomic E-state index is 0.151. The zero-order valence-corrected chi connectivity index (χ0v) is 11.7. The van der Waals surface area contributed by atoms with E-state index in [1.807, 2.05) is 35.9 Å². The normalized spacial score (nSPS) is 10.4. The van der Waals surface area contributed by atoms with Gasteiger partial charge >= 0.3 is 0 Å². The Morgan fingerprint density at radius 3 is 2.71 bits per heavy atom. The number of Topliss-reactive ketones (excluding diaryl/α,β-unsaturated/α-hetero) is 1. The van der Waals surface area contributed by atoms with E-state index in [0.29, 0.717) is 5.75 Å². The van der Waals surface area contributed by atoms with E-state index in [1.165, 1.54) is 16.7 Å². The molecule has 0 fully saturated rings. The van der Waals surface area contributed by atoms with E-state index in [-0.39, 0.29) is 5.78 Å². The number of ketones is 1. The molecule has 0 amide bonds. The summed E-state index contributed by atoms with van der Waals surface area (Å²) in [6.07, 6.45) is 3.78. The zero-order chi connectivity index (χ0) is 12.1. The number of aromatic nitrogens is 1. The maximum atomic E-state index is 11.9. The minimum absolute atomic E-state index is 0.151. The molecule has 88 valence electrons. The summed E-state index contributed by atoms with van der Waals surface area (Å²) in [5.74, 6) is 0.601. The van der Waals surface area contributed by atoms with Crippen LogP contribution in [0, 0.1) is 0 Å². The zero-order valence-electron chi connectivity index (χ0n) is 9.25. The summed E-state index contributed by atoms with van der Waals surface area (Å²) in [5, 5.41) is 1.92. The van der Waals surface area contributed by atoms with Crippen molar-refractivity contribution >= 4 is 40.6 Å². The van der Waals surface area contributed by atoms with Gasteiger partial charge in [0.1, 0.15) is 4.34 Å². The maximum Gasteiger partial charge on any atom is 0.173 e. The van der Waals surface area contributed by atoms with Crippen LogP contribution in [0.4, 0.5) is 0 Å². The molecule has 0 bridgehead atoms. The molecule has 1 aromatic heterocycles. The van der Waals surface area contributed by atoms with Gasteiger partial charge < -0.3 is 0 Å². The number of carbonyl (C=O) groups excluding carboxylic acids is 1. The summed E-state index contributed by atoms with van der Waals surface area (Å²) in [7, 11) is 0. The van der Waals surface area contributed by atoms with Crippen LogP contribution in [0.2, 0.25) is 0 Å². The van der Waals surface area contributed by atoms with Crippen LogP contribution in [0.15, 0.2) is 45.1 Å². The van der Waals surface area contributed by atoms with Crippen molar-refractivity contribution in [2.45, 2.75) is 9.24 Å². The Morgan fingerprint density at radius 2 is 2.12 bits per heavy atom. The van der Waals surface area contributed by atoms with Gasteiger partial charge in [-0.3, -0.25) is 4.79 Å². The molecule has 0 aliphatic carbocycles. The van der Waals surface area contributed by atoms with Crippen LogP contribution < -0.4 is 0 Å². The standard InChI is InChI=1S/C12H11NOS3/c1-15-10-4-2-9(3-5-10)11(14)8-17-12-13-6-7-16-12/h2-7H,8H2,1H3. The fraction of sp³-hybridized carbons (Fsp3) is 0.167. The van der Waals surface area contributed by atoms with Crippen LogP contribution >= 0.6 is 34.9 Å². The first kappa shape index (κ1) is 12.7. The van der Waals surface area contributed by atoms with Gasteiger partial charge in [-0.15, -0.1) is 23.1 Å². The third-order valence-corrected chi connectivity index (χ3v) is 4.86. The largest absolute Gasteiger partial charge is 0.293 e. The van der Waals surface area contributed by atoms with Crippen LogP contribution in [0.5, 0.6) is 0 Å². The van der Waals surface area contributed by atoms with E-state index in [9.17, 15) is 4.79 Å². The summed E-state index contributed by atoms with van der Waals surface area (Å²) in [4.78, 5) is 17.2. The molecular weight excluding hydrogens is 270 g/mol. The number of thiazole rings is 1. The lowest BCUT2D eigenvalue weighted by atomic mass is 10.1. The first-order valence-electron chi connectivity index (χ1n) is 4.99. The Morgan fingerprint density at radius 1 is 1.35 bits per heavy atom. The number of hydrogen-bond acceptors (Lipinski definition) is 5. The Kier molecular flexibility index (Phi) is 4.65. The highest BCUT2D eigenvalue weighted by Crippen LogP contribution is 2.22. The van der Waals surface area contributed by atoms with Gasteiger partial charge in [0.05, 0.1) is 5.75 Å². The molecule has 0 N–H and O–H groups in total. The number of nitrogens with zero attached hydrogens (tertiary/aromatic N) is 1. The number of benzene rings is 1. The van der Waals surface area contributed by atoms with E-state index >= 15 is 0 Å². The van der Waals surface area contributed by atoms with Crippen molar-refractivity contribution in [1.82, 2.24) is 4.98 Å². The van der Waals surface area contributed by atoms with E-state index in [0.717, 1.165) is 9.90 Å². The second-order valence-corrected chi connectivity index (χ2v) is 6.24. The van der Waals surface area contributed by atoms with Crippen LogP contribution in [0.25, 0.3) is 0 Å². The maximum absolute atomic E-state index is 11.9. The predicted molar refractivity (Wildman–Crippen MR) is 75.4 cm³/mol. The van der Waals surface area contributed by atoms with Crippen molar-refractivity contribution in [3.05, 3.63) is 41.4 Å². The van der Waals surface area contributed by atoms with Crippen molar-refractivity contribution in [1.29, 1.82) is 0 Å². The van der Waals surface area contributed by atoms with Crippen molar-refractivity contribution in [2.24, 2.45) is 0 Å². The van der Waals surface area contributed by atoms with Crippen LogP contribution in [-0.4, -0.2) is 22.8 Å². The van der Waals surface area contributed by atoms with Gasteiger partial charge in [-0.25, -0.2) is 4.98 Å². The molecular formula is C12H11NOS3. The van der Waals surface area contributed by atoms with Crippen LogP contribution in [0.1, 0.15) is 10.4 Å². The van der Waals surface area contributed by atoms with E-state index in [4.69, 9.17) is 0 Å². The van der Waals surface area contributed by atoms with Gasteiger partial charge in [-0.2, -0.15) is 0 Å². The quantitative estimate of drug-likeness (QED) is 0.615. The van der Waals surface area contributed by atoms with E-state index in [2.05, 4.69) is 4.98 Å². The Bertz CT molecular complexity index is 479. The lowest BCUT2D eigenvalue weighted by Gasteiger charge is -2.01. The third-order valence-electron chi connectivity index (χ3n) is 2.15. The molecule has 2 nitrogen and oxygen atoms in total. The lowest BCUT2D eigenvalue weighted by Crippen LogP contribution is -2.01. The number of hydrogen-bond donors (Lipinski definition) is 0. The van der Waals surface area contributed by atoms with Gasteiger partial charge in [0.15, 0.2) is 5.78 Å². The van der Waals surface area contributed by atoms with Crippen molar-refractivity contribution in [3.63, 3.8) is 0 Å². The van der Waals surface area contributed by atoms with Gasteiger partial charge in [0, 0.05) is 22.0 Å². The van der Waals surface area contributed by atoms with Gasteiger partial charge in [0.25, 0.3) is 0 Å². The fourth-order valence-corrected chi connectivity index (χ4v) is 3.21. The van der Waals surface area contributed by atoms with Gasteiger partial charge in [-0.05, 0) is 18.4 Å². The minimum Gasteiger partial charge on any atom is -0.293 e. The number of thioether (sulfide) groups is 2. The molecule has 1 heterocycles. The summed E-state index contributed by atoms with van der Waals surface area (Å²) >= 11 is 4.73. The molecule has 0 aliphatic heterocycles. The molecule has 5 heteroatoms. The number of rotatable bonds is 5. The summed E-state index contributed by atoms with van der Waals surface area (Å²) in [6, 6.07) is 7.73. The van der Waals surface area contributed by atoms with E-state index in [1.54, 1.807) is 29.3 Å². The summed E-state index contributed by atoms with van der Waals surface area (Å²) in [6.45, 7) is 0. The predicted octanol–water partition coefficient (Wildman–Crippen LogP) is 3.84. The Labute approximate surface area is 113 Å². The first-order valence-corrected chi connectivity index (χ1v) is 8.08. The molecule has 0 radical (unpaired) electrons. The molecule has 0 saturated carbocycles.